The van der Waals surface area contributed by atoms with Crippen LogP contribution >= 0.6 is 0 Å². The number of hydrogen-bond acceptors (Lipinski definition) is 4. The summed E-state index contributed by atoms with van der Waals surface area (Å²) in [5.41, 5.74) is 3.85. The molecule has 1 aromatic carbocycles. The van der Waals surface area contributed by atoms with Gasteiger partial charge in [-0.25, -0.2) is 0 Å². The predicted molar refractivity (Wildman–Crippen MR) is 76.6 cm³/mol. The summed E-state index contributed by atoms with van der Waals surface area (Å²) in [6.45, 7) is 8.22. The van der Waals surface area contributed by atoms with Crippen LogP contribution in [-0.2, 0) is 31.9 Å². The van der Waals surface area contributed by atoms with Crippen LogP contribution in [0, 0.1) is 13.8 Å². The molecule has 0 atom stereocenters. The summed E-state index contributed by atoms with van der Waals surface area (Å²) in [5, 5.41) is 0. The molecule has 0 saturated carbocycles. The molecule has 0 aliphatic heterocycles. The first kappa shape index (κ1) is 16.2. The SMILES string of the molecule is CCOC(=O)Cc1cc(C)c(CC(=O)OCC)cc1C. The lowest BCUT2D eigenvalue weighted by Crippen LogP contribution is -2.11. The lowest BCUT2D eigenvalue weighted by Gasteiger charge is -2.11. The summed E-state index contributed by atoms with van der Waals surface area (Å²) in [4.78, 5) is 23.1. The Balaban J connectivity index is 2.85. The Morgan fingerprint density at radius 2 is 1.20 bits per heavy atom. The highest BCUT2D eigenvalue weighted by atomic mass is 16.5. The molecule has 20 heavy (non-hydrogen) atoms. The van der Waals surface area contributed by atoms with Gasteiger partial charge in [0.05, 0.1) is 26.1 Å². The van der Waals surface area contributed by atoms with Crippen LogP contribution in [0.2, 0.25) is 0 Å². The van der Waals surface area contributed by atoms with Gasteiger partial charge in [0.15, 0.2) is 0 Å². The third kappa shape index (κ3) is 4.68. The monoisotopic (exact) mass is 278 g/mol. The van der Waals surface area contributed by atoms with Gasteiger partial charge >= 0.3 is 11.9 Å². The Kier molecular flexibility index (Phi) is 6.22. The van der Waals surface area contributed by atoms with Crippen molar-refractivity contribution in [1.29, 1.82) is 0 Å². The first-order valence-electron chi connectivity index (χ1n) is 6.88. The van der Waals surface area contributed by atoms with Crippen LogP contribution in [0.4, 0.5) is 0 Å². The Hall–Kier alpha value is -1.84. The molecule has 0 aliphatic carbocycles. The highest BCUT2D eigenvalue weighted by molar-refractivity contribution is 5.75. The number of rotatable bonds is 6. The number of esters is 2. The average Bonchev–Trinajstić information content (AvgIpc) is 2.36. The first-order valence-corrected chi connectivity index (χ1v) is 6.88. The quantitative estimate of drug-likeness (QED) is 0.750. The van der Waals surface area contributed by atoms with Crippen LogP contribution in [0.3, 0.4) is 0 Å². The number of hydrogen-bond donors (Lipinski definition) is 0. The van der Waals surface area contributed by atoms with Gasteiger partial charge in [-0.15, -0.1) is 0 Å². The molecule has 0 spiro atoms. The zero-order chi connectivity index (χ0) is 15.1. The maximum atomic E-state index is 11.5. The molecule has 1 aromatic rings. The molecule has 0 unspecified atom stereocenters. The Morgan fingerprint density at radius 1 is 0.850 bits per heavy atom. The summed E-state index contributed by atoms with van der Waals surface area (Å²) in [6, 6.07) is 3.89. The van der Waals surface area contributed by atoms with Crippen LogP contribution in [0.1, 0.15) is 36.1 Å². The van der Waals surface area contributed by atoms with Gasteiger partial charge in [0.2, 0.25) is 0 Å². The average molecular weight is 278 g/mol. The van der Waals surface area contributed by atoms with Crippen molar-refractivity contribution in [2.24, 2.45) is 0 Å². The van der Waals surface area contributed by atoms with Crippen LogP contribution in [-0.4, -0.2) is 25.2 Å². The highest BCUT2D eigenvalue weighted by Gasteiger charge is 2.12. The molecule has 0 fully saturated rings. The van der Waals surface area contributed by atoms with Crippen molar-refractivity contribution in [1.82, 2.24) is 0 Å². The summed E-state index contributed by atoms with van der Waals surface area (Å²) in [6.07, 6.45) is 0.528. The van der Waals surface area contributed by atoms with Crippen LogP contribution in [0.5, 0.6) is 0 Å². The maximum absolute atomic E-state index is 11.5. The van der Waals surface area contributed by atoms with Crippen LogP contribution in [0.25, 0.3) is 0 Å². The smallest absolute Gasteiger partial charge is 0.310 e. The van der Waals surface area contributed by atoms with E-state index in [0.717, 1.165) is 22.3 Å². The second-order valence-electron chi connectivity index (χ2n) is 4.67. The Morgan fingerprint density at radius 3 is 1.50 bits per heavy atom. The number of aryl methyl sites for hydroxylation is 2. The maximum Gasteiger partial charge on any atom is 0.310 e. The molecule has 0 radical (unpaired) electrons. The molecule has 0 heterocycles. The minimum absolute atomic E-state index is 0.229. The molecule has 0 saturated heterocycles. The lowest BCUT2D eigenvalue weighted by molar-refractivity contribution is -0.143. The fourth-order valence-electron chi connectivity index (χ4n) is 2.05. The zero-order valence-corrected chi connectivity index (χ0v) is 12.6. The van der Waals surface area contributed by atoms with E-state index in [1.807, 2.05) is 26.0 Å². The molecular weight excluding hydrogens is 256 g/mol. The second kappa shape index (κ2) is 7.68. The van der Waals surface area contributed by atoms with Crippen molar-refractivity contribution in [3.8, 4) is 0 Å². The molecule has 0 bridgehead atoms. The summed E-state index contributed by atoms with van der Waals surface area (Å²) in [7, 11) is 0. The van der Waals surface area contributed by atoms with Gasteiger partial charge in [0, 0.05) is 0 Å². The van der Waals surface area contributed by atoms with Crippen molar-refractivity contribution < 1.29 is 19.1 Å². The zero-order valence-electron chi connectivity index (χ0n) is 12.6. The van der Waals surface area contributed by atoms with Gasteiger partial charge < -0.3 is 9.47 Å². The minimum atomic E-state index is -0.229. The standard InChI is InChI=1S/C16H22O4/c1-5-19-15(17)9-13-7-12(4)14(8-11(13)3)10-16(18)20-6-2/h7-8H,5-6,9-10H2,1-4H3. The van der Waals surface area contributed by atoms with Crippen molar-refractivity contribution in [3.05, 3.63) is 34.4 Å². The van der Waals surface area contributed by atoms with E-state index in [1.165, 1.54) is 0 Å². The van der Waals surface area contributed by atoms with E-state index < -0.39 is 0 Å². The third-order valence-corrected chi connectivity index (χ3v) is 3.07. The Labute approximate surface area is 120 Å². The number of carbonyl (C=O) groups is 2. The largest absolute Gasteiger partial charge is 0.466 e. The normalized spacial score (nSPS) is 10.2. The van der Waals surface area contributed by atoms with E-state index in [1.54, 1.807) is 13.8 Å². The topological polar surface area (TPSA) is 52.6 Å². The lowest BCUT2D eigenvalue weighted by atomic mass is 9.96. The summed E-state index contributed by atoms with van der Waals surface area (Å²) < 4.78 is 9.91. The highest BCUT2D eigenvalue weighted by Crippen LogP contribution is 2.18. The van der Waals surface area contributed by atoms with Crippen LogP contribution < -0.4 is 0 Å². The second-order valence-corrected chi connectivity index (χ2v) is 4.67. The van der Waals surface area contributed by atoms with E-state index in [4.69, 9.17) is 9.47 Å². The molecule has 0 N–H and O–H groups in total. The van der Waals surface area contributed by atoms with E-state index in [9.17, 15) is 9.59 Å². The molecule has 110 valence electrons. The number of benzene rings is 1. The van der Waals surface area contributed by atoms with E-state index in [-0.39, 0.29) is 24.8 Å². The summed E-state index contributed by atoms with van der Waals surface area (Å²) in [5.74, 6) is -0.457. The molecule has 0 amide bonds. The fourth-order valence-corrected chi connectivity index (χ4v) is 2.05. The van der Waals surface area contributed by atoms with Crippen molar-refractivity contribution in [3.63, 3.8) is 0 Å². The molecule has 1 rings (SSSR count). The van der Waals surface area contributed by atoms with Gasteiger partial charge in [0.25, 0.3) is 0 Å². The van der Waals surface area contributed by atoms with Gasteiger partial charge in [-0.1, -0.05) is 12.1 Å². The van der Waals surface area contributed by atoms with Gasteiger partial charge in [-0.3, -0.25) is 9.59 Å². The minimum Gasteiger partial charge on any atom is -0.466 e. The van der Waals surface area contributed by atoms with Gasteiger partial charge in [0.1, 0.15) is 0 Å². The van der Waals surface area contributed by atoms with Crippen molar-refractivity contribution >= 4 is 11.9 Å². The van der Waals surface area contributed by atoms with Crippen molar-refractivity contribution in [2.75, 3.05) is 13.2 Å². The molecule has 4 nitrogen and oxygen atoms in total. The van der Waals surface area contributed by atoms with Crippen LogP contribution in [0.15, 0.2) is 12.1 Å². The van der Waals surface area contributed by atoms with Gasteiger partial charge in [-0.2, -0.15) is 0 Å². The molecular formula is C16H22O4. The summed E-state index contributed by atoms with van der Waals surface area (Å²) >= 11 is 0. The van der Waals surface area contributed by atoms with Gasteiger partial charge in [-0.05, 0) is 49.9 Å². The molecule has 0 aromatic heterocycles. The molecule has 0 aliphatic rings. The van der Waals surface area contributed by atoms with E-state index in [0.29, 0.717) is 13.2 Å². The number of ether oxygens (including phenoxy) is 2. The molecule has 4 heteroatoms. The Bertz CT molecular complexity index is 446. The van der Waals surface area contributed by atoms with Crippen molar-refractivity contribution in [2.45, 2.75) is 40.5 Å². The first-order chi connectivity index (χ1) is 9.47. The van der Waals surface area contributed by atoms with E-state index in [2.05, 4.69) is 0 Å². The fraction of sp³-hybridized carbons (Fsp3) is 0.500. The third-order valence-electron chi connectivity index (χ3n) is 3.07. The predicted octanol–water partition coefficient (Wildman–Crippen LogP) is 2.51. The number of carbonyl (C=O) groups excluding carboxylic acids is 2. The van der Waals surface area contributed by atoms with E-state index >= 15 is 0 Å².